The van der Waals surface area contributed by atoms with Crippen molar-refractivity contribution >= 4 is 0 Å². The average molecular weight is 573 g/mol. The Morgan fingerprint density at radius 2 is 1.00 bits per heavy atom. The molecule has 0 spiro atoms. The lowest BCUT2D eigenvalue weighted by atomic mass is 9.86. The van der Waals surface area contributed by atoms with Gasteiger partial charge in [0.25, 0.3) is 0 Å². The van der Waals surface area contributed by atoms with Crippen LogP contribution in [0.2, 0.25) is 0 Å². The molecule has 42 heavy (non-hydrogen) atoms. The van der Waals surface area contributed by atoms with Gasteiger partial charge < -0.3 is 22.1 Å². The minimum Gasteiger partial charge on any atom is -0.328 e. The van der Waals surface area contributed by atoms with Crippen molar-refractivity contribution in [1.82, 2.24) is 10.6 Å². The van der Waals surface area contributed by atoms with Gasteiger partial charge in [-0.2, -0.15) is 0 Å². The Hall–Kier alpha value is -1.72. The predicted molar refractivity (Wildman–Crippen MR) is 179 cm³/mol. The molecule has 2 aromatic rings. The molecule has 4 heteroatoms. The van der Waals surface area contributed by atoms with Crippen LogP contribution in [0.25, 0.3) is 0 Å². The number of benzene rings is 2. The molecule has 0 saturated heterocycles. The Labute approximate surface area is 257 Å². The van der Waals surface area contributed by atoms with E-state index in [0.29, 0.717) is 36.3 Å². The van der Waals surface area contributed by atoms with E-state index in [4.69, 9.17) is 11.5 Å². The molecule has 0 aliphatic heterocycles. The third-order valence-electron chi connectivity index (χ3n) is 10.4. The predicted octanol–water partition coefficient (Wildman–Crippen LogP) is 7.40. The van der Waals surface area contributed by atoms with E-state index < -0.39 is 0 Å². The summed E-state index contributed by atoms with van der Waals surface area (Å²) in [5, 5.41) is 7.72. The van der Waals surface area contributed by atoms with Crippen molar-refractivity contribution in [2.24, 2.45) is 11.5 Å². The maximum atomic E-state index is 5.99. The van der Waals surface area contributed by atoms with E-state index in [1.54, 1.807) is 0 Å². The number of hydrogen-bond donors (Lipinski definition) is 4. The summed E-state index contributed by atoms with van der Waals surface area (Å²) in [4.78, 5) is 0. The molecule has 4 aliphatic carbocycles. The molecular weight excluding hydrogens is 512 g/mol. The third kappa shape index (κ3) is 8.68. The van der Waals surface area contributed by atoms with Gasteiger partial charge in [-0.05, 0) is 97.3 Å². The summed E-state index contributed by atoms with van der Waals surface area (Å²) in [6.45, 7) is 13.7. The van der Waals surface area contributed by atoms with Gasteiger partial charge in [-0.15, -0.1) is 0 Å². The van der Waals surface area contributed by atoms with Crippen molar-refractivity contribution in [2.75, 3.05) is 0 Å². The number of nitrogens with two attached hydrogens (primary N) is 2. The van der Waals surface area contributed by atoms with Gasteiger partial charge in [-0.3, -0.25) is 0 Å². The molecule has 0 radical (unpaired) electrons. The lowest BCUT2D eigenvalue weighted by Gasteiger charge is -2.27. The summed E-state index contributed by atoms with van der Waals surface area (Å²) in [6, 6.07) is 22.2. The molecule has 0 aromatic heterocycles. The van der Waals surface area contributed by atoms with Crippen molar-refractivity contribution in [3.63, 3.8) is 0 Å². The summed E-state index contributed by atoms with van der Waals surface area (Å²) < 4.78 is 0. The van der Waals surface area contributed by atoms with Crippen molar-refractivity contribution in [3.05, 3.63) is 70.8 Å². The second-order valence-corrected chi connectivity index (χ2v) is 16.2. The molecular formula is C38H60N4. The highest BCUT2D eigenvalue weighted by atomic mass is 15.0. The molecule has 2 aromatic carbocycles. The first-order valence-electron chi connectivity index (χ1n) is 17.1. The average Bonchev–Trinajstić information content (AvgIpc) is 3.88. The van der Waals surface area contributed by atoms with Gasteiger partial charge >= 0.3 is 0 Å². The molecule has 4 nitrogen and oxygen atoms in total. The highest BCUT2D eigenvalue weighted by Gasteiger charge is 2.41. The van der Waals surface area contributed by atoms with Crippen molar-refractivity contribution in [2.45, 2.75) is 165 Å². The quantitative estimate of drug-likeness (QED) is 0.291. The fourth-order valence-corrected chi connectivity index (χ4v) is 7.14. The van der Waals surface area contributed by atoms with Crippen LogP contribution in [0.4, 0.5) is 0 Å². The zero-order valence-corrected chi connectivity index (χ0v) is 27.5. The van der Waals surface area contributed by atoms with Crippen LogP contribution < -0.4 is 22.1 Å². The summed E-state index contributed by atoms with van der Waals surface area (Å²) in [5.41, 5.74) is 18.4. The lowest BCUT2D eigenvalue weighted by molar-refractivity contribution is 0.339. The molecule has 6 rings (SSSR count). The van der Waals surface area contributed by atoms with Crippen LogP contribution in [0.5, 0.6) is 0 Å². The Bertz CT molecular complexity index is 1130. The van der Waals surface area contributed by atoms with E-state index in [2.05, 4.69) is 101 Å². The van der Waals surface area contributed by atoms with Crippen LogP contribution in [-0.4, -0.2) is 36.3 Å². The lowest BCUT2D eigenvalue weighted by Crippen LogP contribution is -2.38. The Kier molecular flexibility index (Phi) is 9.89. The molecule has 4 saturated carbocycles. The zero-order chi connectivity index (χ0) is 30.1. The van der Waals surface area contributed by atoms with E-state index >= 15 is 0 Å². The highest BCUT2D eigenvalue weighted by molar-refractivity contribution is 5.35. The first-order valence-corrected chi connectivity index (χ1v) is 17.1. The van der Waals surface area contributed by atoms with Crippen LogP contribution in [0, 0.1) is 0 Å². The van der Waals surface area contributed by atoms with Gasteiger partial charge in [-0.1, -0.05) is 90.1 Å². The monoisotopic (exact) mass is 572 g/mol. The SMILES string of the molecule is CC(C)(C)c1ccc(C2CC2NC2CCC(N)CC2)cc1.CC(C)(C)c1cccc(C2CC2NC2CCC(N)CC2)c1. The maximum absolute atomic E-state index is 5.99. The molecule has 6 N–H and O–H groups in total. The Morgan fingerprint density at radius 3 is 1.45 bits per heavy atom. The molecule has 0 amide bonds. The van der Waals surface area contributed by atoms with Crippen LogP contribution in [0.3, 0.4) is 0 Å². The summed E-state index contributed by atoms with van der Waals surface area (Å²) >= 11 is 0. The van der Waals surface area contributed by atoms with Crippen LogP contribution in [0.15, 0.2) is 48.5 Å². The van der Waals surface area contributed by atoms with Gasteiger partial charge in [0.2, 0.25) is 0 Å². The van der Waals surface area contributed by atoms with Crippen molar-refractivity contribution < 1.29 is 0 Å². The minimum absolute atomic E-state index is 0.243. The van der Waals surface area contributed by atoms with Crippen molar-refractivity contribution in [3.8, 4) is 0 Å². The van der Waals surface area contributed by atoms with E-state index in [0.717, 1.165) is 11.8 Å². The molecule has 4 fully saturated rings. The first-order chi connectivity index (χ1) is 19.9. The molecule has 4 aliphatic rings. The Morgan fingerprint density at radius 1 is 0.548 bits per heavy atom. The molecule has 0 bridgehead atoms. The van der Waals surface area contributed by atoms with Gasteiger partial charge in [0, 0.05) is 48.1 Å². The van der Waals surface area contributed by atoms with E-state index in [9.17, 15) is 0 Å². The molecule has 4 unspecified atom stereocenters. The van der Waals surface area contributed by atoms with Crippen LogP contribution in [0.1, 0.15) is 140 Å². The summed E-state index contributed by atoms with van der Waals surface area (Å²) in [6.07, 6.45) is 12.4. The third-order valence-corrected chi connectivity index (χ3v) is 10.4. The number of nitrogens with one attached hydrogen (secondary N) is 2. The maximum Gasteiger partial charge on any atom is 0.0145 e. The van der Waals surface area contributed by atoms with E-state index in [-0.39, 0.29) is 10.8 Å². The second kappa shape index (κ2) is 13.1. The summed E-state index contributed by atoms with van der Waals surface area (Å²) in [5.74, 6) is 1.46. The standard InChI is InChI=1S/2C19H30N2/c1-19(2,3)14-6-4-13(5-7-14)17-12-18(17)21-16-10-8-15(20)9-11-16;1-19(2,3)14-6-4-5-13(11-14)17-12-18(17)21-16-9-7-15(20)8-10-16/h4-7,15-18,21H,8-12,20H2,1-3H3;4-6,11,15-18,21H,7-10,12,20H2,1-3H3. The van der Waals surface area contributed by atoms with Crippen molar-refractivity contribution in [1.29, 1.82) is 0 Å². The molecule has 4 atom stereocenters. The largest absolute Gasteiger partial charge is 0.328 e. The number of rotatable bonds is 6. The first kappa shape index (κ1) is 31.7. The minimum atomic E-state index is 0.243. The van der Waals surface area contributed by atoms with Gasteiger partial charge in [-0.25, -0.2) is 0 Å². The van der Waals surface area contributed by atoms with Gasteiger partial charge in [0.1, 0.15) is 0 Å². The van der Waals surface area contributed by atoms with E-state index in [1.165, 1.54) is 86.5 Å². The normalized spacial score (nSPS) is 33.0. The molecule has 232 valence electrons. The van der Waals surface area contributed by atoms with Crippen LogP contribution >= 0.6 is 0 Å². The van der Waals surface area contributed by atoms with Crippen LogP contribution in [-0.2, 0) is 10.8 Å². The topological polar surface area (TPSA) is 76.1 Å². The second-order valence-electron chi connectivity index (χ2n) is 16.2. The zero-order valence-electron chi connectivity index (χ0n) is 27.5. The van der Waals surface area contributed by atoms with Gasteiger partial charge in [0.15, 0.2) is 0 Å². The van der Waals surface area contributed by atoms with E-state index in [1.807, 2.05) is 0 Å². The smallest absolute Gasteiger partial charge is 0.0145 e. The Balaban J connectivity index is 0.000000168. The number of hydrogen-bond acceptors (Lipinski definition) is 4. The highest BCUT2D eigenvalue weighted by Crippen LogP contribution is 2.43. The van der Waals surface area contributed by atoms with Gasteiger partial charge in [0.05, 0.1) is 0 Å². The summed E-state index contributed by atoms with van der Waals surface area (Å²) in [7, 11) is 0. The fraction of sp³-hybridized carbons (Fsp3) is 0.684. The fourth-order valence-electron chi connectivity index (χ4n) is 7.14. The molecule has 0 heterocycles.